The van der Waals surface area contributed by atoms with E-state index in [0.29, 0.717) is 0 Å². The highest BCUT2D eigenvalue weighted by Crippen LogP contribution is 2.22. The monoisotopic (exact) mass is 213 g/mol. The van der Waals surface area contributed by atoms with Crippen molar-refractivity contribution in [1.82, 2.24) is 0 Å². The Hall–Kier alpha value is -1.21. The number of benzene rings is 2. The minimum atomic E-state index is 1.01. The van der Waals surface area contributed by atoms with E-state index in [1.54, 1.807) is 0 Å². The highest BCUT2D eigenvalue weighted by Gasteiger charge is 1.95. The van der Waals surface area contributed by atoms with E-state index in [4.69, 9.17) is 0 Å². The highest BCUT2D eigenvalue weighted by molar-refractivity contribution is 7.98. The quantitative estimate of drug-likeness (QED) is 0.692. The Bertz CT molecular complexity index is 403. The number of hydrogen-bond donors (Lipinski definition) is 0. The summed E-state index contributed by atoms with van der Waals surface area (Å²) in [4.78, 5) is 1.21. The molecule has 0 bridgehead atoms. The lowest BCUT2D eigenvalue weighted by atomic mass is 10.2. The fraction of sp³-hybridized carbons (Fsp3) is 0.143. The van der Waals surface area contributed by atoms with Crippen molar-refractivity contribution in [2.45, 2.75) is 17.6 Å². The normalized spacial score (nSPS) is 10.2. The van der Waals surface area contributed by atoms with Crippen LogP contribution in [0.3, 0.4) is 0 Å². The van der Waals surface area contributed by atoms with Gasteiger partial charge in [-0.15, -0.1) is 11.8 Å². The van der Waals surface area contributed by atoms with Crippen LogP contribution in [0.4, 0.5) is 0 Å². The lowest BCUT2D eigenvalue weighted by Crippen LogP contribution is -1.79. The summed E-state index contributed by atoms with van der Waals surface area (Å²) < 4.78 is 0. The van der Waals surface area contributed by atoms with E-state index >= 15 is 0 Å². The molecule has 0 spiro atoms. The Morgan fingerprint density at radius 3 is 2.53 bits per heavy atom. The first-order chi connectivity index (χ1) is 7.34. The molecule has 0 aromatic heterocycles. The van der Waals surface area contributed by atoms with Crippen molar-refractivity contribution in [2.75, 3.05) is 0 Å². The Balaban J connectivity index is 1.96. The smallest absolute Gasteiger partial charge is 0.0232 e. The van der Waals surface area contributed by atoms with E-state index in [9.17, 15) is 0 Å². The number of thioether (sulfide) groups is 1. The Morgan fingerprint density at radius 1 is 1.07 bits per heavy atom. The minimum Gasteiger partial charge on any atom is -0.121 e. The van der Waals surface area contributed by atoms with E-state index in [1.165, 1.54) is 16.0 Å². The average Bonchev–Trinajstić information content (AvgIpc) is 2.30. The number of rotatable bonds is 3. The van der Waals surface area contributed by atoms with Crippen LogP contribution in [0.5, 0.6) is 0 Å². The van der Waals surface area contributed by atoms with Gasteiger partial charge in [0.1, 0.15) is 0 Å². The molecular weight excluding hydrogens is 200 g/mol. The second-order valence-corrected chi connectivity index (χ2v) is 4.52. The van der Waals surface area contributed by atoms with Crippen LogP contribution in [0.25, 0.3) is 0 Å². The third-order valence-electron chi connectivity index (χ3n) is 2.18. The van der Waals surface area contributed by atoms with Gasteiger partial charge in [0.25, 0.3) is 0 Å². The molecule has 2 aromatic carbocycles. The van der Waals surface area contributed by atoms with Gasteiger partial charge in [0.15, 0.2) is 0 Å². The van der Waals surface area contributed by atoms with E-state index in [-0.39, 0.29) is 0 Å². The Kier molecular flexibility index (Phi) is 3.46. The Morgan fingerprint density at radius 2 is 1.87 bits per heavy atom. The molecule has 2 aromatic rings. The maximum Gasteiger partial charge on any atom is 0.0232 e. The van der Waals surface area contributed by atoms with Gasteiger partial charge in [-0.3, -0.25) is 0 Å². The van der Waals surface area contributed by atoms with Crippen molar-refractivity contribution in [3.05, 3.63) is 65.7 Å². The van der Waals surface area contributed by atoms with Crippen molar-refractivity contribution in [1.29, 1.82) is 0 Å². The molecule has 0 heterocycles. The average molecular weight is 213 g/mol. The van der Waals surface area contributed by atoms with Gasteiger partial charge in [-0.25, -0.2) is 0 Å². The van der Waals surface area contributed by atoms with Crippen molar-refractivity contribution in [3.8, 4) is 0 Å². The first-order valence-corrected chi connectivity index (χ1v) is 5.98. The molecule has 0 amide bonds. The van der Waals surface area contributed by atoms with Crippen LogP contribution in [0, 0.1) is 13.0 Å². The van der Waals surface area contributed by atoms with Crippen molar-refractivity contribution >= 4 is 11.8 Å². The Labute approximate surface area is 95.3 Å². The zero-order valence-corrected chi connectivity index (χ0v) is 9.55. The maximum absolute atomic E-state index is 3.27. The summed E-state index contributed by atoms with van der Waals surface area (Å²) in [7, 11) is 0. The molecule has 0 nitrogen and oxygen atoms in total. The molecule has 0 aliphatic carbocycles. The molecule has 1 radical (unpaired) electrons. The highest BCUT2D eigenvalue weighted by atomic mass is 32.2. The number of hydrogen-bond acceptors (Lipinski definition) is 1. The molecule has 0 saturated carbocycles. The zero-order valence-electron chi connectivity index (χ0n) is 8.73. The summed E-state index contributed by atoms with van der Waals surface area (Å²) in [5, 5.41) is 0. The summed E-state index contributed by atoms with van der Waals surface area (Å²) in [6.07, 6.45) is 0. The third-order valence-corrected chi connectivity index (χ3v) is 3.22. The molecule has 0 unspecified atom stereocenters. The van der Waals surface area contributed by atoms with E-state index < -0.39 is 0 Å². The predicted molar refractivity (Wildman–Crippen MR) is 66.0 cm³/mol. The van der Waals surface area contributed by atoms with Gasteiger partial charge in [0.05, 0.1) is 0 Å². The SMILES string of the molecule is Cc1c[c]c(SCc2ccccc2)cc1. The van der Waals surface area contributed by atoms with E-state index in [0.717, 1.165) is 5.75 Å². The zero-order chi connectivity index (χ0) is 10.5. The van der Waals surface area contributed by atoms with Crippen LogP contribution in [-0.4, -0.2) is 0 Å². The minimum absolute atomic E-state index is 1.01. The maximum atomic E-state index is 3.27. The molecule has 0 saturated heterocycles. The van der Waals surface area contributed by atoms with Crippen molar-refractivity contribution in [2.24, 2.45) is 0 Å². The van der Waals surface area contributed by atoms with Gasteiger partial charge in [-0.2, -0.15) is 0 Å². The molecule has 2 rings (SSSR count). The fourth-order valence-electron chi connectivity index (χ4n) is 1.31. The summed E-state index contributed by atoms with van der Waals surface area (Å²) in [5.41, 5.74) is 2.62. The molecule has 1 heteroatoms. The molecule has 0 fully saturated rings. The molecule has 15 heavy (non-hydrogen) atoms. The van der Waals surface area contributed by atoms with E-state index in [2.05, 4.69) is 49.4 Å². The fourth-order valence-corrected chi connectivity index (χ4v) is 2.13. The molecule has 75 valence electrons. The van der Waals surface area contributed by atoms with E-state index in [1.807, 2.05) is 23.9 Å². The van der Waals surface area contributed by atoms with Crippen LogP contribution in [0.1, 0.15) is 11.1 Å². The van der Waals surface area contributed by atoms with Gasteiger partial charge < -0.3 is 0 Å². The predicted octanol–water partition coefficient (Wildman–Crippen LogP) is 4.09. The summed E-state index contributed by atoms with van der Waals surface area (Å²) in [5.74, 6) is 1.01. The van der Waals surface area contributed by atoms with Crippen LogP contribution < -0.4 is 0 Å². The third kappa shape index (κ3) is 3.14. The van der Waals surface area contributed by atoms with Gasteiger partial charge in [-0.1, -0.05) is 48.0 Å². The molecule has 0 aliphatic heterocycles. The molecular formula is C14H13S. The van der Waals surface area contributed by atoms with Crippen LogP contribution in [0.15, 0.2) is 53.4 Å². The van der Waals surface area contributed by atoms with Crippen LogP contribution >= 0.6 is 11.8 Å². The summed E-state index contributed by atoms with van der Waals surface area (Å²) in [6.45, 7) is 2.09. The first-order valence-electron chi connectivity index (χ1n) is 5.00. The topological polar surface area (TPSA) is 0 Å². The standard InChI is InChI=1S/C14H13S/c1-12-7-9-14(10-8-12)15-11-13-5-3-2-4-6-13/h2-9H,11H2,1H3. The molecule has 0 atom stereocenters. The molecule has 0 aliphatic rings. The van der Waals surface area contributed by atoms with Crippen LogP contribution in [-0.2, 0) is 5.75 Å². The second kappa shape index (κ2) is 5.04. The number of aryl methyl sites for hydroxylation is 1. The summed E-state index contributed by atoms with van der Waals surface area (Å²) in [6, 6.07) is 20.1. The first kappa shape index (κ1) is 10.3. The van der Waals surface area contributed by atoms with Gasteiger partial charge in [0.2, 0.25) is 0 Å². The van der Waals surface area contributed by atoms with Crippen LogP contribution in [0.2, 0.25) is 0 Å². The largest absolute Gasteiger partial charge is 0.121 e. The van der Waals surface area contributed by atoms with Gasteiger partial charge in [-0.05, 0) is 24.6 Å². The van der Waals surface area contributed by atoms with Crippen molar-refractivity contribution in [3.63, 3.8) is 0 Å². The van der Waals surface area contributed by atoms with Gasteiger partial charge in [0, 0.05) is 10.6 Å². The summed E-state index contributed by atoms with van der Waals surface area (Å²) >= 11 is 1.83. The lowest BCUT2D eigenvalue weighted by Gasteiger charge is -2.01. The van der Waals surface area contributed by atoms with Crippen molar-refractivity contribution < 1.29 is 0 Å². The molecule has 0 N–H and O–H groups in total. The second-order valence-electron chi connectivity index (χ2n) is 3.50. The van der Waals surface area contributed by atoms with Gasteiger partial charge >= 0.3 is 0 Å². The lowest BCUT2D eigenvalue weighted by molar-refractivity contribution is 1.34.